The van der Waals surface area contributed by atoms with E-state index in [9.17, 15) is 9.59 Å². The van der Waals surface area contributed by atoms with E-state index in [2.05, 4.69) is 5.32 Å². The lowest BCUT2D eigenvalue weighted by Gasteiger charge is -2.19. The summed E-state index contributed by atoms with van der Waals surface area (Å²) in [5, 5.41) is 2.79. The van der Waals surface area contributed by atoms with Gasteiger partial charge in [-0.25, -0.2) is 4.79 Å². The lowest BCUT2D eigenvalue weighted by atomic mass is 10.0. The normalized spacial score (nSPS) is 11.8. The third-order valence-corrected chi connectivity index (χ3v) is 3.54. The van der Waals surface area contributed by atoms with E-state index in [1.54, 1.807) is 38.1 Å². The molecule has 1 atom stereocenters. The topological polar surface area (TPSA) is 55.4 Å². The zero-order valence-electron chi connectivity index (χ0n) is 14.3. The Balaban J connectivity index is 2.14. The number of benzene rings is 2. The van der Waals surface area contributed by atoms with E-state index < -0.39 is 12.0 Å². The first kappa shape index (κ1) is 17.7. The van der Waals surface area contributed by atoms with Crippen LogP contribution in [0.3, 0.4) is 0 Å². The fraction of sp³-hybridized carbons (Fsp3) is 0.300. The van der Waals surface area contributed by atoms with E-state index in [0.717, 1.165) is 11.1 Å². The summed E-state index contributed by atoms with van der Waals surface area (Å²) in [6.07, 6.45) is 0.163. The largest absolute Gasteiger partial charge is 0.461 e. The van der Waals surface area contributed by atoms with E-state index in [-0.39, 0.29) is 12.0 Å². The van der Waals surface area contributed by atoms with Gasteiger partial charge < -0.3 is 10.1 Å². The molecule has 4 nitrogen and oxygen atoms in total. The molecule has 2 rings (SSSR count). The van der Waals surface area contributed by atoms with Crippen LogP contribution >= 0.6 is 0 Å². The number of aryl methyl sites for hydroxylation is 1. The minimum Gasteiger partial charge on any atom is -0.461 e. The molecule has 0 fully saturated rings. The van der Waals surface area contributed by atoms with Gasteiger partial charge in [0.15, 0.2) is 0 Å². The summed E-state index contributed by atoms with van der Waals surface area (Å²) >= 11 is 0. The first-order chi connectivity index (χ1) is 11.5. The van der Waals surface area contributed by atoms with Crippen LogP contribution in [0.1, 0.15) is 35.3 Å². The Labute approximate surface area is 142 Å². The molecule has 24 heavy (non-hydrogen) atoms. The molecule has 0 saturated carbocycles. The summed E-state index contributed by atoms with van der Waals surface area (Å²) in [5.41, 5.74) is 2.64. The number of nitrogens with one attached hydrogen (secondary N) is 1. The van der Waals surface area contributed by atoms with Gasteiger partial charge >= 0.3 is 5.97 Å². The number of rotatable bonds is 6. The second-order valence-corrected chi connectivity index (χ2v) is 6.07. The number of hydrogen-bond acceptors (Lipinski definition) is 3. The smallest absolute Gasteiger partial charge is 0.329 e. The van der Waals surface area contributed by atoms with E-state index in [1.807, 2.05) is 37.3 Å². The Hall–Kier alpha value is -2.62. The van der Waals surface area contributed by atoms with Crippen LogP contribution in [0.4, 0.5) is 0 Å². The van der Waals surface area contributed by atoms with Gasteiger partial charge in [0.25, 0.3) is 5.91 Å². The van der Waals surface area contributed by atoms with Crippen molar-refractivity contribution in [3.63, 3.8) is 0 Å². The molecule has 0 spiro atoms. The van der Waals surface area contributed by atoms with Gasteiger partial charge in [0.05, 0.1) is 6.10 Å². The summed E-state index contributed by atoms with van der Waals surface area (Å²) in [7, 11) is 0. The second-order valence-electron chi connectivity index (χ2n) is 6.07. The fourth-order valence-corrected chi connectivity index (χ4v) is 2.30. The lowest BCUT2D eigenvalue weighted by Crippen LogP contribution is -2.44. The van der Waals surface area contributed by atoms with Gasteiger partial charge in [-0.2, -0.15) is 0 Å². The molecule has 0 heterocycles. The number of carbonyl (C=O) groups excluding carboxylic acids is 2. The van der Waals surface area contributed by atoms with E-state index >= 15 is 0 Å². The number of amides is 1. The maximum absolute atomic E-state index is 12.4. The molecule has 0 radical (unpaired) electrons. The van der Waals surface area contributed by atoms with Gasteiger partial charge in [0.2, 0.25) is 0 Å². The Morgan fingerprint density at radius 2 is 1.62 bits per heavy atom. The Morgan fingerprint density at radius 1 is 1.00 bits per heavy atom. The standard InChI is InChI=1S/C20H23NO3/c1-14(2)24-20(23)18(13-16-11-9-15(3)10-12-16)21-19(22)17-7-5-4-6-8-17/h4-12,14,18H,13H2,1-3H3,(H,21,22)/t18-/m1/s1. The van der Waals surface area contributed by atoms with Gasteiger partial charge in [-0.05, 0) is 38.5 Å². The third kappa shape index (κ3) is 5.23. The molecule has 0 aliphatic carbocycles. The monoisotopic (exact) mass is 325 g/mol. The maximum atomic E-state index is 12.4. The molecule has 126 valence electrons. The molecule has 0 unspecified atom stereocenters. The molecular weight excluding hydrogens is 302 g/mol. The average Bonchev–Trinajstić information content (AvgIpc) is 2.56. The fourth-order valence-electron chi connectivity index (χ4n) is 2.30. The number of hydrogen-bond donors (Lipinski definition) is 1. The highest BCUT2D eigenvalue weighted by atomic mass is 16.5. The Bertz CT molecular complexity index is 678. The highest BCUT2D eigenvalue weighted by Crippen LogP contribution is 2.09. The van der Waals surface area contributed by atoms with Crippen LogP contribution in [0.5, 0.6) is 0 Å². The molecule has 2 aromatic rings. The molecule has 0 aliphatic rings. The van der Waals surface area contributed by atoms with E-state index in [1.165, 1.54) is 0 Å². The van der Waals surface area contributed by atoms with Gasteiger partial charge in [0, 0.05) is 12.0 Å². The summed E-state index contributed by atoms with van der Waals surface area (Å²) in [5.74, 6) is -0.705. The van der Waals surface area contributed by atoms with E-state index in [4.69, 9.17) is 4.74 Å². The van der Waals surface area contributed by atoms with Gasteiger partial charge in [0.1, 0.15) is 6.04 Å². The van der Waals surface area contributed by atoms with Crippen LogP contribution in [-0.2, 0) is 16.0 Å². The van der Waals surface area contributed by atoms with Crippen LogP contribution in [0.25, 0.3) is 0 Å². The molecule has 0 saturated heterocycles. The van der Waals surface area contributed by atoms with Crippen LogP contribution in [-0.4, -0.2) is 24.0 Å². The van der Waals surface area contributed by atoms with Crippen LogP contribution < -0.4 is 5.32 Å². The molecule has 2 aromatic carbocycles. The molecule has 0 aliphatic heterocycles. The number of esters is 1. The predicted octanol–water partition coefficient (Wildman–Crippen LogP) is 3.29. The third-order valence-electron chi connectivity index (χ3n) is 3.54. The summed E-state index contributed by atoms with van der Waals surface area (Å²) in [6.45, 7) is 5.59. The van der Waals surface area contributed by atoms with Crippen molar-refractivity contribution in [2.45, 2.75) is 39.3 Å². The quantitative estimate of drug-likeness (QED) is 0.829. The van der Waals surface area contributed by atoms with Crippen molar-refractivity contribution >= 4 is 11.9 Å². The number of ether oxygens (including phenoxy) is 1. The van der Waals surface area contributed by atoms with E-state index in [0.29, 0.717) is 12.0 Å². The zero-order chi connectivity index (χ0) is 17.5. The van der Waals surface area contributed by atoms with Gasteiger partial charge in [-0.3, -0.25) is 4.79 Å². The summed E-state index contributed by atoms with van der Waals surface area (Å²) in [6, 6.07) is 16.0. The molecule has 4 heteroatoms. The van der Waals surface area contributed by atoms with Crippen molar-refractivity contribution < 1.29 is 14.3 Å². The van der Waals surface area contributed by atoms with Crippen molar-refractivity contribution in [2.24, 2.45) is 0 Å². The van der Waals surface area contributed by atoms with Crippen LogP contribution in [0, 0.1) is 6.92 Å². The number of carbonyl (C=O) groups is 2. The highest BCUT2D eigenvalue weighted by Gasteiger charge is 2.24. The highest BCUT2D eigenvalue weighted by molar-refractivity contribution is 5.96. The first-order valence-corrected chi connectivity index (χ1v) is 8.07. The maximum Gasteiger partial charge on any atom is 0.329 e. The molecule has 0 aromatic heterocycles. The molecule has 0 bridgehead atoms. The lowest BCUT2D eigenvalue weighted by molar-refractivity contribution is -0.149. The zero-order valence-corrected chi connectivity index (χ0v) is 14.3. The van der Waals surface area contributed by atoms with Gasteiger partial charge in [-0.15, -0.1) is 0 Å². The minimum atomic E-state index is -0.720. The first-order valence-electron chi connectivity index (χ1n) is 8.07. The minimum absolute atomic E-state index is 0.230. The predicted molar refractivity (Wildman–Crippen MR) is 93.8 cm³/mol. The Morgan fingerprint density at radius 3 is 2.21 bits per heavy atom. The summed E-state index contributed by atoms with van der Waals surface area (Å²) < 4.78 is 5.29. The van der Waals surface area contributed by atoms with Gasteiger partial charge in [-0.1, -0.05) is 48.0 Å². The van der Waals surface area contributed by atoms with Crippen molar-refractivity contribution in [1.82, 2.24) is 5.32 Å². The van der Waals surface area contributed by atoms with Crippen molar-refractivity contribution in [2.75, 3.05) is 0 Å². The van der Waals surface area contributed by atoms with Crippen molar-refractivity contribution in [3.05, 3.63) is 71.3 Å². The molecule has 1 N–H and O–H groups in total. The van der Waals surface area contributed by atoms with Crippen molar-refractivity contribution in [3.8, 4) is 0 Å². The Kier molecular flexibility index (Phi) is 6.13. The SMILES string of the molecule is Cc1ccc(C[C@@H](NC(=O)c2ccccc2)C(=O)OC(C)C)cc1. The van der Waals surface area contributed by atoms with Crippen molar-refractivity contribution in [1.29, 1.82) is 0 Å². The molecular formula is C20H23NO3. The van der Waals surface area contributed by atoms with Crippen LogP contribution in [0.2, 0.25) is 0 Å². The second kappa shape index (κ2) is 8.29. The average molecular weight is 325 g/mol. The van der Waals surface area contributed by atoms with Crippen LogP contribution in [0.15, 0.2) is 54.6 Å². The summed E-state index contributed by atoms with van der Waals surface area (Å²) in [4.78, 5) is 24.7. The molecule has 1 amide bonds.